The Bertz CT molecular complexity index is 652. The van der Waals surface area contributed by atoms with Crippen LogP contribution in [0.25, 0.3) is 0 Å². The number of hydrogen-bond donors (Lipinski definition) is 1. The number of benzene rings is 2. The molecular formula is C16H14ClF2NO. The van der Waals surface area contributed by atoms with E-state index in [1.165, 1.54) is 0 Å². The molecule has 0 fully saturated rings. The second kappa shape index (κ2) is 5.62. The first-order valence-electron chi connectivity index (χ1n) is 6.66. The molecular weight excluding hydrogens is 296 g/mol. The summed E-state index contributed by atoms with van der Waals surface area (Å²) in [4.78, 5) is 0. The highest BCUT2D eigenvalue weighted by atomic mass is 35.5. The number of para-hydroxylation sites is 1. The standard InChI is InChI=1S/C16H14ClF2NO/c1-20-16(10-7-12(18)13(19)8-11(10)17)15-6-9-4-2-3-5-14(9)21-15/h2-5,7-8,15-16,20H,6H2,1H3. The summed E-state index contributed by atoms with van der Waals surface area (Å²) < 4.78 is 32.6. The Kier molecular flexibility index (Phi) is 3.83. The number of halogens is 3. The van der Waals surface area contributed by atoms with Crippen molar-refractivity contribution in [3.8, 4) is 5.75 Å². The molecule has 0 saturated heterocycles. The van der Waals surface area contributed by atoms with E-state index in [0.29, 0.717) is 12.0 Å². The summed E-state index contributed by atoms with van der Waals surface area (Å²) in [7, 11) is 1.74. The van der Waals surface area contributed by atoms with E-state index in [-0.39, 0.29) is 17.2 Å². The van der Waals surface area contributed by atoms with Crippen LogP contribution in [-0.2, 0) is 6.42 Å². The van der Waals surface area contributed by atoms with Crippen LogP contribution in [0.4, 0.5) is 8.78 Å². The van der Waals surface area contributed by atoms with Gasteiger partial charge in [0.25, 0.3) is 0 Å². The molecule has 0 aliphatic carbocycles. The molecule has 0 aromatic heterocycles. The van der Waals surface area contributed by atoms with Gasteiger partial charge in [0.2, 0.25) is 0 Å². The van der Waals surface area contributed by atoms with Gasteiger partial charge in [-0.15, -0.1) is 0 Å². The topological polar surface area (TPSA) is 21.3 Å². The van der Waals surface area contributed by atoms with Crippen molar-refractivity contribution in [1.29, 1.82) is 0 Å². The lowest BCUT2D eigenvalue weighted by atomic mass is 9.97. The molecule has 0 amide bonds. The SMILES string of the molecule is CNC(c1cc(F)c(F)cc1Cl)C1Cc2ccccc2O1. The molecule has 0 bridgehead atoms. The van der Waals surface area contributed by atoms with Crippen LogP contribution >= 0.6 is 11.6 Å². The van der Waals surface area contributed by atoms with Gasteiger partial charge < -0.3 is 10.1 Å². The second-order valence-corrected chi connectivity index (χ2v) is 5.43. The van der Waals surface area contributed by atoms with E-state index in [1.807, 2.05) is 24.3 Å². The molecule has 1 heterocycles. The highest BCUT2D eigenvalue weighted by Crippen LogP contribution is 2.36. The summed E-state index contributed by atoms with van der Waals surface area (Å²) in [5, 5.41) is 3.27. The van der Waals surface area contributed by atoms with Crippen molar-refractivity contribution in [3.63, 3.8) is 0 Å². The molecule has 2 atom stereocenters. The summed E-state index contributed by atoms with van der Waals surface area (Å²) in [6.07, 6.45) is 0.478. The molecule has 2 nitrogen and oxygen atoms in total. The van der Waals surface area contributed by atoms with E-state index in [0.717, 1.165) is 23.4 Å². The number of ether oxygens (including phenoxy) is 1. The summed E-state index contributed by atoms with van der Waals surface area (Å²) in [6, 6.07) is 9.55. The lowest BCUT2D eigenvalue weighted by molar-refractivity contribution is 0.183. The Morgan fingerprint density at radius 1 is 1.24 bits per heavy atom. The lowest BCUT2D eigenvalue weighted by Gasteiger charge is -2.24. The third-order valence-electron chi connectivity index (χ3n) is 3.73. The van der Waals surface area contributed by atoms with Crippen molar-refractivity contribution in [1.82, 2.24) is 5.32 Å². The van der Waals surface area contributed by atoms with Gasteiger partial charge in [-0.05, 0) is 36.4 Å². The van der Waals surface area contributed by atoms with Gasteiger partial charge >= 0.3 is 0 Å². The van der Waals surface area contributed by atoms with E-state index < -0.39 is 11.6 Å². The van der Waals surface area contributed by atoms with E-state index in [9.17, 15) is 8.78 Å². The minimum Gasteiger partial charge on any atom is -0.488 e. The summed E-state index contributed by atoms with van der Waals surface area (Å²) in [5.74, 6) is -1.04. The normalized spacial score (nSPS) is 18.2. The van der Waals surface area contributed by atoms with Crippen LogP contribution in [-0.4, -0.2) is 13.2 Å². The Hall–Kier alpha value is -1.65. The Morgan fingerprint density at radius 2 is 1.95 bits per heavy atom. The van der Waals surface area contributed by atoms with Crippen molar-refractivity contribution in [2.75, 3.05) is 7.05 Å². The van der Waals surface area contributed by atoms with E-state index in [2.05, 4.69) is 5.32 Å². The first kappa shape index (κ1) is 14.3. The fourth-order valence-electron chi connectivity index (χ4n) is 2.71. The summed E-state index contributed by atoms with van der Waals surface area (Å²) in [6.45, 7) is 0. The zero-order valence-electron chi connectivity index (χ0n) is 11.4. The molecule has 1 N–H and O–H groups in total. The first-order valence-corrected chi connectivity index (χ1v) is 7.04. The maximum Gasteiger partial charge on any atom is 0.160 e. The van der Waals surface area contributed by atoms with Gasteiger partial charge in [0, 0.05) is 11.4 Å². The summed E-state index contributed by atoms with van der Waals surface area (Å²) in [5.41, 5.74) is 1.59. The quantitative estimate of drug-likeness (QED) is 0.869. The number of hydrogen-bond acceptors (Lipinski definition) is 2. The third-order valence-corrected chi connectivity index (χ3v) is 4.06. The number of nitrogens with one attached hydrogen (secondary N) is 1. The molecule has 2 aromatic rings. The average Bonchev–Trinajstić information content (AvgIpc) is 2.88. The van der Waals surface area contributed by atoms with Crippen LogP contribution < -0.4 is 10.1 Å². The fourth-order valence-corrected chi connectivity index (χ4v) is 2.98. The van der Waals surface area contributed by atoms with Gasteiger partial charge in [0.1, 0.15) is 11.9 Å². The number of likely N-dealkylation sites (N-methyl/N-ethyl adjacent to an activating group) is 1. The van der Waals surface area contributed by atoms with Crippen molar-refractivity contribution in [2.24, 2.45) is 0 Å². The van der Waals surface area contributed by atoms with E-state index in [4.69, 9.17) is 16.3 Å². The third kappa shape index (κ3) is 2.61. The smallest absolute Gasteiger partial charge is 0.160 e. The molecule has 5 heteroatoms. The van der Waals surface area contributed by atoms with Crippen molar-refractivity contribution in [3.05, 3.63) is 64.2 Å². The van der Waals surface area contributed by atoms with Crippen LogP contribution in [0.1, 0.15) is 17.2 Å². The van der Waals surface area contributed by atoms with Gasteiger partial charge in [-0.2, -0.15) is 0 Å². The van der Waals surface area contributed by atoms with Crippen molar-refractivity contribution < 1.29 is 13.5 Å². The summed E-state index contributed by atoms with van der Waals surface area (Å²) >= 11 is 6.06. The molecule has 110 valence electrons. The van der Waals surface area contributed by atoms with Gasteiger partial charge in [-0.1, -0.05) is 29.8 Å². The maximum atomic E-state index is 13.5. The molecule has 0 spiro atoms. The van der Waals surface area contributed by atoms with Gasteiger partial charge in [-0.25, -0.2) is 8.78 Å². The lowest BCUT2D eigenvalue weighted by Crippen LogP contribution is -2.33. The largest absolute Gasteiger partial charge is 0.488 e. The van der Waals surface area contributed by atoms with Crippen molar-refractivity contribution >= 4 is 11.6 Å². The van der Waals surface area contributed by atoms with Crippen LogP contribution in [0.15, 0.2) is 36.4 Å². The minimum atomic E-state index is -0.950. The molecule has 2 aromatic carbocycles. The van der Waals surface area contributed by atoms with Gasteiger partial charge in [0.15, 0.2) is 11.6 Å². The van der Waals surface area contributed by atoms with Crippen molar-refractivity contribution in [2.45, 2.75) is 18.6 Å². The molecule has 0 radical (unpaired) electrons. The van der Waals surface area contributed by atoms with Gasteiger partial charge in [0.05, 0.1) is 6.04 Å². The van der Waals surface area contributed by atoms with E-state index in [1.54, 1.807) is 7.05 Å². The van der Waals surface area contributed by atoms with Crippen LogP contribution in [0.2, 0.25) is 5.02 Å². The molecule has 3 rings (SSSR count). The molecule has 0 saturated carbocycles. The Balaban J connectivity index is 1.92. The number of rotatable bonds is 3. The van der Waals surface area contributed by atoms with Crippen LogP contribution in [0, 0.1) is 11.6 Å². The average molecular weight is 310 g/mol. The fraction of sp³-hybridized carbons (Fsp3) is 0.250. The van der Waals surface area contributed by atoms with Gasteiger partial charge in [-0.3, -0.25) is 0 Å². The predicted octanol–water partition coefficient (Wildman–Crippen LogP) is 3.88. The second-order valence-electron chi connectivity index (χ2n) is 5.02. The van der Waals surface area contributed by atoms with Crippen LogP contribution in [0.3, 0.4) is 0 Å². The predicted molar refractivity (Wildman–Crippen MR) is 77.7 cm³/mol. The van der Waals surface area contributed by atoms with E-state index >= 15 is 0 Å². The highest BCUT2D eigenvalue weighted by molar-refractivity contribution is 6.31. The zero-order valence-corrected chi connectivity index (χ0v) is 12.1. The highest BCUT2D eigenvalue weighted by Gasteiger charge is 2.32. The first-order chi connectivity index (χ1) is 10.1. The molecule has 1 aliphatic rings. The molecule has 2 unspecified atom stereocenters. The number of fused-ring (bicyclic) bond motifs is 1. The Morgan fingerprint density at radius 3 is 2.67 bits per heavy atom. The minimum absolute atomic E-state index is 0.188. The Labute approximate surface area is 126 Å². The maximum absolute atomic E-state index is 13.5. The zero-order chi connectivity index (χ0) is 15.0. The molecule has 21 heavy (non-hydrogen) atoms. The molecule has 1 aliphatic heterocycles. The monoisotopic (exact) mass is 309 g/mol. The van der Waals surface area contributed by atoms with Crippen LogP contribution in [0.5, 0.6) is 5.75 Å².